The minimum atomic E-state index is -0.282. The molecule has 2 heteroatoms. The zero-order valence-corrected chi connectivity index (χ0v) is 8.30. The quantitative estimate of drug-likeness (QED) is 0.379. The van der Waals surface area contributed by atoms with Crippen molar-refractivity contribution in [2.24, 2.45) is 0 Å². The second-order valence-corrected chi connectivity index (χ2v) is 3.59. The number of ether oxygens (including phenoxy) is 1. The third-order valence-electron chi connectivity index (χ3n) is 2.45. The Morgan fingerprint density at radius 1 is 1.54 bits per heavy atom. The highest BCUT2D eigenvalue weighted by Gasteiger charge is 2.33. The van der Waals surface area contributed by atoms with Gasteiger partial charge in [0.15, 0.2) is 0 Å². The van der Waals surface area contributed by atoms with Crippen LogP contribution < -0.4 is 0 Å². The SMILES string of the molecule is C=C(C)C(=O)OC1(CC)CC=CC1. The van der Waals surface area contributed by atoms with Gasteiger partial charge in [-0.25, -0.2) is 4.79 Å². The molecule has 0 amide bonds. The van der Waals surface area contributed by atoms with Crippen LogP contribution in [-0.2, 0) is 9.53 Å². The number of hydrogen-bond donors (Lipinski definition) is 0. The molecule has 0 radical (unpaired) electrons. The van der Waals surface area contributed by atoms with E-state index < -0.39 is 0 Å². The molecule has 0 bridgehead atoms. The van der Waals surface area contributed by atoms with Crippen molar-refractivity contribution in [1.29, 1.82) is 0 Å². The van der Waals surface area contributed by atoms with E-state index in [-0.39, 0.29) is 11.6 Å². The number of hydrogen-bond acceptors (Lipinski definition) is 2. The molecule has 1 rings (SSSR count). The van der Waals surface area contributed by atoms with Crippen molar-refractivity contribution in [2.45, 2.75) is 38.7 Å². The highest BCUT2D eigenvalue weighted by atomic mass is 16.6. The van der Waals surface area contributed by atoms with Crippen LogP contribution in [0.5, 0.6) is 0 Å². The van der Waals surface area contributed by atoms with Crippen LogP contribution in [0.1, 0.15) is 33.1 Å². The Labute approximate surface area is 79.3 Å². The molecule has 0 aromatic heterocycles. The molecular formula is C11H16O2. The van der Waals surface area contributed by atoms with E-state index >= 15 is 0 Å². The molecule has 0 unspecified atom stereocenters. The van der Waals surface area contributed by atoms with Crippen molar-refractivity contribution in [2.75, 3.05) is 0 Å². The second-order valence-electron chi connectivity index (χ2n) is 3.59. The van der Waals surface area contributed by atoms with Crippen LogP contribution in [0.3, 0.4) is 0 Å². The van der Waals surface area contributed by atoms with Crippen LogP contribution in [-0.4, -0.2) is 11.6 Å². The van der Waals surface area contributed by atoms with E-state index in [9.17, 15) is 4.79 Å². The van der Waals surface area contributed by atoms with Crippen molar-refractivity contribution in [1.82, 2.24) is 0 Å². The molecule has 0 aromatic carbocycles. The summed E-state index contributed by atoms with van der Waals surface area (Å²) in [6.45, 7) is 7.28. The normalized spacial score (nSPS) is 18.6. The molecule has 0 heterocycles. The first-order chi connectivity index (χ1) is 6.09. The molecule has 0 aromatic rings. The Morgan fingerprint density at radius 2 is 2.08 bits per heavy atom. The van der Waals surface area contributed by atoms with E-state index in [4.69, 9.17) is 4.74 Å². The van der Waals surface area contributed by atoms with Crippen LogP contribution >= 0.6 is 0 Å². The topological polar surface area (TPSA) is 26.3 Å². The molecule has 0 fully saturated rings. The fraction of sp³-hybridized carbons (Fsp3) is 0.545. The molecule has 0 saturated heterocycles. The van der Waals surface area contributed by atoms with Gasteiger partial charge in [0.05, 0.1) is 0 Å². The second kappa shape index (κ2) is 3.77. The Kier molecular flexibility index (Phi) is 2.91. The van der Waals surface area contributed by atoms with Gasteiger partial charge in [0, 0.05) is 18.4 Å². The van der Waals surface area contributed by atoms with Gasteiger partial charge in [-0.05, 0) is 13.3 Å². The Balaban J connectivity index is 2.59. The average molecular weight is 180 g/mol. The lowest BCUT2D eigenvalue weighted by molar-refractivity contribution is -0.154. The first kappa shape index (κ1) is 10.0. The number of rotatable bonds is 3. The van der Waals surface area contributed by atoms with Gasteiger partial charge in [0.2, 0.25) is 0 Å². The van der Waals surface area contributed by atoms with Gasteiger partial charge in [0.25, 0.3) is 0 Å². The Bertz CT molecular complexity index is 243. The lowest BCUT2D eigenvalue weighted by Crippen LogP contribution is -2.31. The molecule has 1 aliphatic carbocycles. The third-order valence-corrected chi connectivity index (χ3v) is 2.45. The summed E-state index contributed by atoms with van der Waals surface area (Å²) in [5.41, 5.74) is 0.190. The lowest BCUT2D eigenvalue weighted by Gasteiger charge is -2.27. The zero-order valence-electron chi connectivity index (χ0n) is 8.30. The van der Waals surface area contributed by atoms with E-state index in [1.54, 1.807) is 6.92 Å². The summed E-state index contributed by atoms with van der Waals surface area (Å²) in [7, 11) is 0. The maximum Gasteiger partial charge on any atom is 0.333 e. The van der Waals surface area contributed by atoms with Crippen LogP contribution in [0.4, 0.5) is 0 Å². The van der Waals surface area contributed by atoms with Gasteiger partial charge in [0.1, 0.15) is 5.60 Å². The molecule has 72 valence electrons. The van der Waals surface area contributed by atoms with Crippen molar-refractivity contribution >= 4 is 5.97 Å². The van der Waals surface area contributed by atoms with Crippen LogP contribution in [0, 0.1) is 0 Å². The molecule has 0 atom stereocenters. The van der Waals surface area contributed by atoms with E-state index in [2.05, 4.69) is 18.7 Å². The molecular weight excluding hydrogens is 164 g/mol. The van der Waals surface area contributed by atoms with Crippen molar-refractivity contribution in [3.8, 4) is 0 Å². The minimum absolute atomic E-state index is 0.273. The zero-order chi connectivity index (χ0) is 9.90. The predicted molar refractivity (Wildman–Crippen MR) is 52.3 cm³/mol. The molecule has 0 N–H and O–H groups in total. The molecule has 0 saturated carbocycles. The van der Waals surface area contributed by atoms with Crippen molar-refractivity contribution in [3.63, 3.8) is 0 Å². The number of carbonyl (C=O) groups excluding carboxylic acids is 1. The maximum atomic E-state index is 11.3. The average Bonchev–Trinajstić information content (AvgIpc) is 2.54. The first-order valence-corrected chi connectivity index (χ1v) is 4.63. The van der Waals surface area contributed by atoms with Crippen LogP contribution in [0.15, 0.2) is 24.3 Å². The Morgan fingerprint density at radius 3 is 2.46 bits per heavy atom. The summed E-state index contributed by atoms with van der Waals surface area (Å²) in [6.07, 6.45) is 6.66. The predicted octanol–water partition coefficient (Wildman–Crippen LogP) is 2.60. The molecule has 1 aliphatic rings. The monoisotopic (exact) mass is 180 g/mol. The highest BCUT2D eigenvalue weighted by Crippen LogP contribution is 2.31. The fourth-order valence-electron chi connectivity index (χ4n) is 1.41. The molecule has 0 spiro atoms. The van der Waals surface area contributed by atoms with Crippen molar-refractivity contribution < 1.29 is 9.53 Å². The largest absolute Gasteiger partial charge is 0.455 e. The van der Waals surface area contributed by atoms with Gasteiger partial charge in [-0.15, -0.1) is 0 Å². The lowest BCUT2D eigenvalue weighted by atomic mass is 9.98. The summed E-state index contributed by atoms with van der Waals surface area (Å²) in [4.78, 5) is 11.3. The molecule has 0 aliphatic heterocycles. The summed E-state index contributed by atoms with van der Waals surface area (Å²) in [5, 5.41) is 0. The van der Waals surface area contributed by atoms with E-state index in [1.807, 2.05) is 6.92 Å². The fourth-order valence-corrected chi connectivity index (χ4v) is 1.41. The summed E-state index contributed by atoms with van der Waals surface area (Å²) in [6, 6.07) is 0. The molecule has 2 nitrogen and oxygen atoms in total. The maximum absolute atomic E-state index is 11.3. The van der Waals surface area contributed by atoms with Crippen LogP contribution in [0.25, 0.3) is 0 Å². The first-order valence-electron chi connectivity index (χ1n) is 4.63. The van der Waals surface area contributed by atoms with Gasteiger partial charge in [-0.2, -0.15) is 0 Å². The van der Waals surface area contributed by atoms with E-state index in [0.717, 1.165) is 19.3 Å². The minimum Gasteiger partial charge on any atom is -0.455 e. The van der Waals surface area contributed by atoms with E-state index in [0.29, 0.717) is 5.57 Å². The van der Waals surface area contributed by atoms with E-state index in [1.165, 1.54) is 0 Å². The number of esters is 1. The standard InChI is InChI=1S/C11H16O2/c1-4-11(7-5-6-8-11)13-10(12)9(2)3/h5-6H,2,4,7-8H2,1,3H3. The van der Waals surface area contributed by atoms with Crippen LogP contribution in [0.2, 0.25) is 0 Å². The number of carbonyl (C=O) groups is 1. The Hall–Kier alpha value is -1.05. The smallest absolute Gasteiger partial charge is 0.333 e. The van der Waals surface area contributed by atoms with Crippen molar-refractivity contribution in [3.05, 3.63) is 24.3 Å². The summed E-state index contributed by atoms with van der Waals surface area (Å²) >= 11 is 0. The van der Waals surface area contributed by atoms with Gasteiger partial charge in [-0.3, -0.25) is 0 Å². The summed E-state index contributed by atoms with van der Waals surface area (Å²) in [5.74, 6) is -0.273. The van der Waals surface area contributed by atoms with Gasteiger partial charge in [-0.1, -0.05) is 25.7 Å². The van der Waals surface area contributed by atoms with Gasteiger partial charge >= 0.3 is 5.97 Å². The summed E-state index contributed by atoms with van der Waals surface area (Å²) < 4.78 is 5.41. The molecule has 13 heavy (non-hydrogen) atoms. The highest BCUT2D eigenvalue weighted by molar-refractivity contribution is 5.87. The van der Waals surface area contributed by atoms with Gasteiger partial charge < -0.3 is 4.74 Å². The third kappa shape index (κ3) is 2.20.